The van der Waals surface area contributed by atoms with E-state index in [0.29, 0.717) is 43.2 Å². The van der Waals surface area contributed by atoms with Crippen molar-refractivity contribution in [3.8, 4) is 0 Å². The standard InChI is InChI=1S/C34H46FN5O7/c35-26-13-8-9-21-19-39(16-15-25(21)26)33(46)47-24-17-28-29(41)38-34(31(43)44)18-22(34)10-4-2-1-3-5-14-27(30(42)40(28)20-24)37-32(45)36-23-11-6-7-12-23/h8-9,13,22-24,27-28H,1-7,10-12,14-20H2,(H,38,41)(H,43,44)(H2,36,37,45)/t22-,24-,27+,28+,34-/m1/s1. The van der Waals surface area contributed by atoms with Gasteiger partial charge in [-0.3, -0.25) is 9.59 Å². The Morgan fingerprint density at radius 2 is 1.70 bits per heavy atom. The highest BCUT2D eigenvalue weighted by molar-refractivity contribution is 5.96. The minimum absolute atomic E-state index is 0.0102. The molecule has 0 bridgehead atoms. The number of amides is 5. The first-order valence-corrected chi connectivity index (χ1v) is 17.3. The van der Waals surface area contributed by atoms with Crippen molar-refractivity contribution in [2.45, 2.75) is 126 Å². The summed E-state index contributed by atoms with van der Waals surface area (Å²) in [5.41, 5.74) is -0.104. The third-order valence-electron chi connectivity index (χ3n) is 10.8. The topological polar surface area (TPSA) is 157 Å². The van der Waals surface area contributed by atoms with Crippen LogP contribution < -0.4 is 16.0 Å². The molecule has 2 saturated heterocycles. The van der Waals surface area contributed by atoms with Gasteiger partial charge in [0.15, 0.2) is 0 Å². The first-order chi connectivity index (χ1) is 22.6. The van der Waals surface area contributed by atoms with Crippen molar-refractivity contribution < 1.29 is 38.2 Å². The maximum absolute atomic E-state index is 14.3. The molecule has 1 aromatic rings. The van der Waals surface area contributed by atoms with E-state index in [0.717, 1.165) is 51.4 Å². The monoisotopic (exact) mass is 655 g/mol. The molecule has 3 heterocycles. The van der Waals surface area contributed by atoms with Crippen LogP contribution in [-0.4, -0.2) is 87.7 Å². The lowest BCUT2D eigenvalue weighted by Gasteiger charge is -2.30. The minimum atomic E-state index is -1.38. The molecule has 2 aliphatic carbocycles. The Kier molecular flexibility index (Phi) is 9.88. The van der Waals surface area contributed by atoms with Crippen LogP contribution in [0.25, 0.3) is 0 Å². The lowest BCUT2D eigenvalue weighted by atomic mass is 9.99. The van der Waals surface area contributed by atoms with Gasteiger partial charge in [-0.1, -0.05) is 57.1 Å². The molecule has 0 radical (unpaired) electrons. The van der Waals surface area contributed by atoms with Crippen molar-refractivity contribution >= 4 is 29.9 Å². The second-order valence-electron chi connectivity index (χ2n) is 14.0. The number of nitrogens with one attached hydrogen (secondary N) is 3. The van der Waals surface area contributed by atoms with Crippen LogP contribution in [-0.2, 0) is 32.1 Å². The van der Waals surface area contributed by atoms with Gasteiger partial charge in [0.05, 0.1) is 6.54 Å². The van der Waals surface area contributed by atoms with E-state index in [1.165, 1.54) is 15.9 Å². The SMILES string of the molecule is O=C(NC1CCCC1)N[C@H]1CCCCCCC[C@@H]2C[C@@]2(C(=O)O)NC(=O)[C@@H]2C[C@@H](OC(=O)N3CCc4c(F)cccc4C3)CN2C1=O. The van der Waals surface area contributed by atoms with E-state index < -0.39 is 53.6 Å². The van der Waals surface area contributed by atoms with Crippen molar-refractivity contribution in [2.75, 3.05) is 13.1 Å². The average molecular weight is 656 g/mol. The number of halogens is 1. The summed E-state index contributed by atoms with van der Waals surface area (Å²) < 4.78 is 20.1. The zero-order valence-corrected chi connectivity index (χ0v) is 26.8. The Morgan fingerprint density at radius 3 is 2.47 bits per heavy atom. The van der Waals surface area contributed by atoms with Crippen molar-refractivity contribution in [3.63, 3.8) is 0 Å². The van der Waals surface area contributed by atoms with Gasteiger partial charge in [0.2, 0.25) is 11.8 Å². The Balaban J connectivity index is 1.20. The van der Waals surface area contributed by atoms with Crippen LogP contribution in [0.15, 0.2) is 18.2 Å². The van der Waals surface area contributed by atoms with Gasteiger partial charge in [-0.05, 0) is 61.6 Å². The number of ether oxygens (including phenoxy) is 1. The van der Waals surface area contributed by atoms with Gasteiger partial charge in [-0.15, -0.1) is 0 Å². The Hall–Kier alpha value is -3.90. The zero-order valence-electron chi connectivity index (χ0n) is 26.8. The number of benzene rings is 1. The van der Waals surface area contributed by atoms with Crippen molar-refractivity contribution in [1.82, 2.24) is 25.8 Å². The summed E-state index contributed by atoms with van der Waals surface area (Å²) >= 11 is 0. The summed E-state index contributed by atoms with van der Waals surface area (Å²) in [4.78, 5) is 69.5. The number of carboxylic acid groups (broad SMARTS) is 1. The zero-order chi connectivity index (χ0) is 33.1. The molecule has 5 aliphatic rings. The summed E-state index contributed by atoms with van der Waals surface area (Å²) in [6.07, 6.45) is 8.37. The number of carboxylic acids is 1. The number of fused-ring (bicyclic) bond motifs is 3. The van der Waals surface area contributed by atoms with E-state index in [1.54, 1.807) is 12.1 Å². The van der Waals surface area contributed by atoms with Crippen LogP contribution >= 0.6 is 0 Å². The number of nitrogens with zero attached hydrogens (tertiary/aromatic N) is 2. The summed E-state index contributed by atoms with van der Waals surface area (Å²) in [7, 11) is 0. The average Bonchev–Trinajstić information content (AvgIpc) is 3.33. The molecule has 2 saturated carbocycles. The van der Waals surface area contributed by atoms with Gasteiger partial charge in [0.1, 0.15) is 29.5 Å². The molecule has 47 heavy (non-hydrogen) atoms. The minimum Gasteiger partial charge on any atom is -0.479 e. The lowest BCUT2D eigenvalue weighted by molar-refractivity contribution is -0.145. The van der Waals surface area contributed by atoms with Crippen LogP contribution in [0.3, 0.4) is 0 Å². The van der Waals surface area contributed by atoms with Crippen molar-refractivity contribution in [2.24, 2.45) is 5.92 Å². The fourth-order valence-corrected chi connectivity index (χ4v) is 7.94. The lowest BCUT2D eigenvalue weighted by Crippen LogP contribution is -2.57. The first kappa shape index (κ1) is 33.0. The van der Waals surface area contributed by atoms with Crippen LogP contribution in [0.1, 0.15) is 94.6 Å². The fraction of sp³-hybridized carbons (Fsp3) is 0.676. The molecule has 1 aromatic carbocycles. The molecule has 13 heteroatoms. The molecule has 4 N–H and O–H groups in total. The number of aliphatic carboxylic acids is 1. The Labute approximate surface area is 274 Å². The Bertz CT molecular complexity index is 1390. The summed E-state index contributed by atoms with van der Waals surface area (Å²) in [5.74, 6) is -2.65. The molecule has 0 spiro atoms. The maximum Gasteiger partial charge on any atom is 0.410 e. The Morgan fingerprint density at radius 1 is 0.979 bits per heavy atom. The molecule has 5 atom stereocenters. The second-order valence-corrected chi connectivity index (χ2v) is 14.0. The molecule has 4 fully saturated rings. The van der Waals surface area contributed by atoms with E-state index in [4.69, 9.17) is 4.74 Å². The fourth-order valence-electron chi connectivity index (χ4n) is 7.94. The number of carbonyl (C=O) groups excluding carboxylic acids is 4. The van der Waals surface area contributed by atoms with Gasteiger partial charge < -0.3 is 35.6 Å². The van der Waals surface area contributed by atoms with E-state index in [1.807, 2.05) is 0 Å². The predicted molar refractivity (Wildman–Crippen MR) is 168 cm³/mol. The molecule has 0 aromatic heterocycles. The smallest absolute Gasteiger partial charge is 0.410 e. The van der Waals surface area contributed by atoms with Crippen LogP contribution in [0.5, 0.6) is 0 Å². The molecule has 3 aliphatic heterocycles. The molecular formula is C34H46FN5O7. The third-order valence-corrected chi connectivity index (χ3v) is 10.8. The van der Waals surface area contributed by atoms with Gasteiger partial charge in [-0.2, -0.15) is 0 Å². The highest BCUT2D eigenvalue weighted by Gasteiger charge is 2.62. The molecule has 12 nitrogen and oxygen atoms in total. The second kappa shape index (κ2) is 14.1. The molecule has 6 rings (SSSR count). The van der Waals surface area contributed by atoms with Gasteiger partial charge in [0.25, 0.3) is 0 Å². The number of carbonyl (C=O) groups is 5. The van der Waals surface area contributed by atoms with E-state index in [9.17, 15) is 33.5 Å². The highest BCUT2D eigenvalue weighted by atomic mass is 19.1. The van der Waals surface area contributed by atoms with Gasteiger partial charge >= 0.3 is 18.1 Å². The summed E-state index contributed by atoms with van der Waals surface area (Å²) in [6.45, 7) is 0.361. The number of hydrogen-bond acceptors (Lipinski definition) is 6. The largest absolute Gasteiger partial charge is 0.479 e. The number of hydrogen-bond donors (Lipinski definition) is 4. The van der Waals surface area contributed by atoms with Crippen LogP contribution in [0.4, 0.5) is 14.0 Å². The highest BCUT2D eigenvalue weighted by Crippen LogP contribution is 2.47. The quantitative estimate of drug-likeness (QED) is 0.386. The van der Waals surface area contributed by atoms with Gasteiger partial charge in [-0.25, -0.2) is 18.8 Å². The number of rotatable bonds is 4. The normalized spacial score (nSPS) is 30.1. The number of urea groups is 1. The first-order valence-electron chi connectivity index (χ1n) is 17.3. The van der Waals surface area contributed by atoms with E-state index in [2.05, 4.69) is 16.0 Å². The predicted octanol–water partition coefficient (Wildman–Crippen LogP) is 3.60. The summed E-state index contributed by atoms with van der Waals surface area (Å²) in [5, 5.41) is 18.7. The molecule has 5 amide bonds. The van der Waals surface area contributed by atoms with E-state index in [-0.39, 0.29) is 43.8 Å². The van der Waals surface area contributed by atoms with Gasteiger partial charge in [0, 0.05) is 25.6 Å². The van der Waals surface area contributed by atoms with Crippen LogP contribution in [0, 0.1) is 11.7 Å². The summed E-state index contributed by atoms with van der Waals surface area (Å²) in [6, 6.07) is 2.41. The van der Waals surface area contributed by atoms with E-state index >= 15 is 0 Å². The van der Waals surface area contributed by atoms with Crippen molar-refractivity contribution in [1.29, 1.82) is 0 Å². The molecule has 256 valence electrons. The molecular weight excluding hydrogens is 609 g/mol. The third kappa shape index (κ3) is 7.33. The van der Waals surface area contributed by atoms with Crippen LogP contribution in [0.2, 0.25) is 0 Å². The maximum atomic E-state index is 14.3. The molecule has 0 unspecified atom stereocenters. The van der Waals surface area contributed by atoms with Crippen molar-refractivity contribution in [3.05, 3.63) is 35.1 Å².